The third-order valence-electron chi connectivity index (χ3n) is 5.69. The number of carbonyl (C=O) groups is 1. The van der Waals surface area contributed by atoms with Crippen LogP contribution >= 0.6 is 0 Å². The lowest BCUT2D eigenvalue weighted by molar-refractivity contribution is -0.121. The maximum absolute atomic E-state index is 12.7. The second-order valence-electron chi connectivity index (χ2n) is 8.09. The van der Waals surface area contributed by atoms with E-state index in [1.54, 1.807) is 12.1 Å². The summed E-state index contributed by atoms with van der Waals surface area (Å²) in [6.45, 7) is 6.72. The summed E-state index contributed by atoms with van der Waals surface area (Å²) in [6.07, 6.45) is 8.50. The minimum atomic E-state index is -3.71. The van der Waals surface area contributed by atoms with E-state index in [4.69, 9.17) is 11.7 Å². The zero-order chi connectivity index (χ0) is 22.3. The summed E-state index contributed by atoms with van der Waals surface area (Å²) in [6, 6.07) is 7.94. The summed E-state index contributed by atoms with van der Waals surface area (Å²) in [5, 5.41) is 11.7. The summed E-state index contributed by atoms with van der Waals surface area (Å²) >= 11 is 0. The van der Waals surface area contributed by atoms with E-state index in [0.717, 1.165) is 12.0 Å². The predicted octanol–water partition coefficient (Wildman–Crippen LogP) is 2.83. The molecule has 30 heavy (non-hydrogen) atoms. The zero-order valence-electron chi connectivity index (χ0n) is 17.7. The highest BCUT2D eigenvalue weighted by Crippen LogP contribution is 2.38. The number of nitriles is 1. The van der Waals surface area contributed by atoms with Crippen molar-refractivity contribution in [2.45, 2.75) is 38.5 Å². The predicted molar refractivity (Wildman–Crippen MR) is 116 cm³/mol. The summed E-state index contributed by atoms with van der Waals surface area (Å²) in [5.41, 5.74) is 1.40. The molecular weight excluding hydrogens is 398 g/mol. The monoisotopic (exact) mass is 427 g/mol. The first kappa shape index (κ1) is 23.7. The van der Waals surface area contributed by atoms with Crippen LogP contribution in [0.25, 0.3) is 0 Å². The highest BCUT2D eigenvalue weighted by molar-refractivity contribution is 7.89. The van der Waals surface area contributed by atoms with E-state index in [2.05, 4.69) is 35.9 Å². The fourth-order valence-electron chi connectivity index (χ4n) is 3.98. The summed E-state index contributed by atoms with van der Waals surface area (Å²) < 4.78 is 28.1. The fourth-order valence-corrected chi connectivity index (χ4v) is 5.09. The van der Waals surface area contributed by atoms with E-state index in [1.165, 1.54) is 12.1 Å². The Balaban J connectivity index is 2.13. The molecule has 3 unspecified atom stereocenters. The first-order valence-electron chi connectivity index (χ1n) is 10.1. The van der Waals surface area contributed by atoms with Crippen LogP contribution in [0.4, 0.5) is 0 Å². The van der Waals surface area contributed by atoms with Crippen LogP contribution < -0.4 is 10.0 Å². The molecule has 2 N–H and O–H groups in total. The number of hydrogen-bond donors (Lipinski definition) is 2. The lowest BCUT2D eigenvalue weighted by Crippen LogP contribution is -2.37. The van der Waals surface area contributed by atoms with Crippen molar-refractivity contribution >= 4 is 15.9 Å². The van der Waals surface area contributed by atoms with E-state index in [-0.39, 0.29) is 41.6 Å². The molecule has 0 bridgehead atoms. The summed E-state index contributed by atoms with van der Waals surface area (Å²) in [5.74, 6) is 3.07. The van der Waals surface area contributed by atoms with Crippen LogP contribution in [0.5, 0.6) is 0 Å². The van der Waals surface area contributed by atoms with Crippen LogP contribution in [0.1, 0.15) is 39.2 Å². The molecule has 0 saturated heterocycles. The van der Waals surface area contributed by atoms with Gasteiger partial charge in [-0.2, -0.15) is 5.26 Å². The van der Waals surface area contributed by atoms with E-state index in [0.29, 0.717) is 17.9 Å². The third kappa shape index (κ3) is 6.19. The molecule has 0 saturated carbocycles. The Morgan fingerprint density at radius 1 is 1.37 bits per heavy atom. The minimum Gasteiger partial charge on any atom is -0.345 e. The Bertz CT molecular complexity index is 984. The van der Waals surface area contributed by atoms with Gasteiger partial charge in [0.15, 0.2) is 0 Å². The molecule has 1 aliphatic carbocycles. The molecular formula is C23H29N3O3S. The molecule has 0 aromatic heterocycles. The SMILES string of the molecule is C#CCNC(=O)CC1CC(C(C)C)C(CNS(=O)(=O)c2cccc(C#N)c2)C=C1C. The molecule has 0 radical (unpaired) electrons. The van der Waals surface area contributed by atoms with Crippen molar-refractivity contribution in [3.63, 3.8) is 0 Å². The largest absolute Gasteiger partial charge is 0.345 e. The summed E-state index contributed by atoms with van der Waals surface area (Å²) in [4.78, 5) is 12.2. The number of nitrogens with one attached hydrogen (secondary N) is 2. The van der Waals surface area contributed by atoms with Gasteiger partial charge in [0.05, 0.1) is 23.1 Å². The average Bonchev–Trinajstić information content (AvgIpc) is 2.72. The molecule has 6 nitrogen and oxygen atoms in total. The van der Waals surface area contributed by atoms with Crippen molar-refractivity contribution < 1.29 is 13.2 Å². The molecule has 1 aliphatic rings. The van der Waals surface area contributed by atoms with Crippen LogP contribution in [0.2, 0.25) is 0 Å². The van der Waals surface area contributed by atoms with Crippen molar-refractivity contribution in [2.75, 3.05) is 13.1 Å². The van der Waals surface area contributed by atoms with Gasteiger partial charge in [0.2, 0.25) is 15.9 Å². The van der Waals surface area contributed by atoms with Gasteiger partial charge in [-0.3, -0.25) is 4.79 Å². The normalized spacial score (nSPS) is 21.4. The molecule has 0 fully saturated rings. The maximum atomic E-state index is 12.7. The Kier molecular flexibility index (Phi) is 8.23. The topological polar surface area (TPSA) is 99.1 Å². The van der Waals surface area contributed by atoms with E-state index in [9.17, 15) is 13.2 Å². The number of nitrogens with zero attached hydrogens (tertiary/aromatic N) is 1. The number of amides is 1. The second-order valence-corrected chi connectivity index (χ2v) is 9.86. The van der Waals surface area contributed by atoms with Crippen molar-refractivity contribution in [1.82, 2.24) is 10.0 Å². The molecule has 1 aromatic rings. The highest BCUT2D eigenvalue weighted by Gasteiger charge is 2.33. The molecule has 0 heterocycles. The van der Waals surface area contributed by atoms with Crippen LogP contribution in [-0.2, 0) is 14.8 Å². The van der Waals surface area contributed by atoms with Crippen LogP contribution in [-0.4, -0.2) is 27.4 Å². The lowest BCUT2D eigenvalue weighted by Gasteiger charge is -2.37. The standard InChI is InChI=1S/C23H29N3O3S/c1-5-9-25-23(27)13-19-12-22(16(2)3)20(10-17(19)4)15-26-30(28,29)21-8-6-7-18(11-21)14-24/h1,6-8,10-11,16,19-20,22,26H,9,12-13,15H2,2-4H3,(H,25,27). The molecule has 1 amide bonds. The van der Waals surface area contributed by atoms with Gasteiger partial charge in [0, 0.05) is 13.0 Å². The number of rotatable bonds is 8. The van der Waals surface area contributed by atoms with Crippen molar-refractivity contribution in [3.8, 4) is 18.4 Å². The van der Waals surface area contributed by atoms with Crippen LogP contribution in [0, 0.1) is 47.3 Å². The first-order valence-corrected chi connectivity index (χ1v) is 11.5. The highest BCUT2D eigenvalue weighted by atomic mass is 32.2. The lowest BCUT2D eigenvalue weighted by atomic mass is 9.70. The molecule has 1 aromatic carbocycles. The summed E-state index contributed by atoms with van der Waals surface area (Å²) in [7, 11) is -3.71. The molecule has 160 valence electrons. The number of benzene rings is 1. The van der Waals surface area contributed by atoms with E-state index in [1.807, 2.05) is 13.0 Å². The second kappa shape index (κ2) is 10.4. The third-order valence-corrected chi connectivity index (χ3v) is 7.11. The first-order chi connectivity index (χ1) is 14.2. The van der Waals surface area contributed by atoms with Gasteiger partial charge >= 0.3 is 0 Å². The maximum Gasteiger partial charge on any atom is 0.240 e. The van der Waals surface area contributed by atoms with Gasteiger partial charge in [-0.15, -0.1) is 6.42 Å². The van der Waals surface area contributed by atoms with E-state index >= 15 is 0 Å². The average molecular weight is 428 g/mol. The minimum absolute atomic E-state index is 0.0314. The molecule has 7 heteroatoms. The number of sulfonamides is 1. The Morgan fingerprint density at radius 2 is 2.10 bits per heavy atom. The fraction of sp³-hybridized carbons (Fsp3) is 0.478. The molecule has 3 atom stereocenters. The molecule has 0 aliphatic heterocycles. The van der Waals surface area contributed by atoms with Gasteiger partial charge in [-0.25, -0.2) is 13.1 Å². The Labute approximate surface area is 179 Å². The van der Waals surface area contributed by atoms with Crippen molar-refractivity contribution in [3.05, 3.63) is 41.5 Å². The van der Waals surface area contributed by atoms with Gasteiger partial charge < -0.3 is 5.32 Å². The van der Waals surface area contributed by atoms with Gasteiger partial charge in [-0.05, 0) is 55.2 Å². The Hall–Kier alpha value is -2.61. The molecule has 2 rings (SSSR count). The van der Waals surface area contributed by atoms with Crippen molar-refractivity contribution in [2.24, 2.45) is 23.7 Å². The number of hydrogen-bond acceptors (Lipinski definition) is 4. The van der Waals surface area contributed by atoms with E-state index < -0.39 is 10.0 Å². The number of allylic oxidation sites excluding steroid dienone is 1. The van der Waals surface area contributed by atoms with Gasteiger partial charge in [0.1, 0.15) is 0 Å². The van der Waals surface area contributed by atoms with Gasteiger partial charge in [-0.1, -0.05) is 37.5 Å². The smallest absolute Gasteiger partial charge is 0.240 e. The van der Waals surface area contributed by atoms with Crippen molar-refractivity contribution in [1.29, 1.82) is 5.26 Å². The van der Waals surface area contributed by atoms with Crippen LogP contribution in [0.15, 0.2) is 40.8 Å². The quantitative estimate of drug-likeness (QED) is 0.492. The van der Waals surface area contributed by atoms with Crippen LogP contribution in [0.3, 0.4) is 0 Å². The van der Waals surface area contributed by atoms with Gasteiger partial charge in [0.25, 0.3) is 0 Å². The Morgan fingerprint density at radius 3 is 2.73 bits per heavy atom. The molecule has 0 spiro atoms. The zero-order valence-corrected chi connectivity index (χ0v) is 18.5. The number of carbonyl (C=O) groups excluding carboxylic acids is 1. The number of terminal acetylenes is 1.